The van der Waals surface area contributed by atoms with Gasteiger partial charge in [-0.2, -0.15) is 0 Å². The molecule has 108 valence electrons. The van der Waals surface area contributed by atoms with Crippen LogP contribution in [-0.4, -0.2) is 14.8 Å². The second-order valence-electron chi connectivity index (χ2n) is 5.85. The van der Waals surface area contributed by atoms with Crippen molar-refractivity contribution in [1.82, 2.24) is 14.8 Å². The molecule has 0 radical (unpaired) electrons. The van der Waals surface area contributed by atoms with E-state index in [4.69, 9.17) is 5.73 Å². The monoisotopic (exact) mass is 272 g/mol. The average Bonchev–Trinajstić information content (AvgIpc) is 2.75. The molecule has 0 saturated heterocycles. The van der Waals surface area contributed by atoms with Crippen molar-refractivity contribution in [1.29, 1.82) is 0 Å². The van der Waals surface area contributed by atoms with Crippen molar-refractivity contribution >= 4 is 0 Å². The molecule has 0 aliphatic heterocycles. The van der Waals surface area contributed by atoms with E-state index in [9.17, 15) is 0 Å². The summed E-state index contributed by atoms with van der Waals surface area (Å²) in [6.45, 7) is 10.0. The zero-order valence-corrected chi connectivity index (χ0v) is 12.8. The SMILES string of the molecule is Cc1ccc(C)c(Cc2nnc(CN)n2CC(C)C)c1. The first-order chi connectivity index (χ1) is 9.51. The molecule has 0 fully saturated rings. The summed E-state index contributed by atoms with van der Waals surface area (Å²) >= 11 is 0. The molecule has 0 atom stereocenters. The van der Waals surface area contributed by atoms with E-state index >= 15 is 0 Å². The minimum absolute atomic E-state index is 0.437. The third kappa shape index (κ3) is 3.25. The van der Waals surface area contributed by atoms with E-state index < -0.39 is 0 Å². The van der Waals surface area contributed by atoms with E-state index in [-0.39, 0.29) is 0 Å². The molecule has 0 unspecified atom stereocenters. The van der Waals surface area contributed by atoms with Crippen molar-refractivity contribution < 1.29 is 0 Å². The minimum atomic E-state index is 0.437. The lowest BCUT2D eigenvalue weighted by molar-refractivity contribution is 0.495. The van der Waals surface area contributed by atoms with Gasteiger partial charge in [-0.15, -0.1) is 10.2 Å². The highest BCUT2D eigenvalue weighted by molar-refractivity contribution is 5.32. The van der Waals surface area contributed by atoms with Gasteiger partial charge in [0.15, 0.2) is 0 Å². The molecule has 4 nitrogen and oxygen atoms in total. The Morgan fingerprint density at radius 3 is 2.50 bits per heavy atom. The number of aryl methyl sites for hydroxylation is 2. The van der Waals surface area contributed by atoms with E-state index in [1.54, 1.807) is 0 Å². The maximum atomic E-state index is 5.76. The van der Waals surface area contributed by atoms with Crippen molar-refractivity contribution in [2.24, 2.45) is 11.7 Å². The third-order valence-electron chi connectivity index (χ3n) is 3.49. The van der Waals surface area contributed by atoms with Crippen molar-refractivity contribution in [2.75, 3.05) is 0 Å². The Morgan fingerprint density at radius 2 is 1.85 bits per heavy atom. The molecular formula is C16H24N4. The van der Waals surface area contributed by atoms with E-state index in [1.165, 1.54) is 16.7 Å². The van der Waals surface area contributed by atoms with Crippen LogP contribution < -0.4 is 5.73 Å². The number of benzene rings is 1. The highest BCUT2D eigenvalue weighted by Crippen LogP contribution is 2.16. The molecule has 0 aliphatic carbocycles. The predicted molar refractivity (Wildman–Crippen MR) is 81.5 cm³/mol. The fraction of sp³-hybridized carbons (Fsp3) is 0.500. The summed E-state index contributed by atoms with van der Waals surface area (Å²) in [5, 5.41) is 8.56. The summed E-state index contributed by atoms with van der Waals surface area (Å²) in [5.74, 6) is 2.43. The van der Waals surface area contributed by atoms with Crippen LogP contribution in [0.25, 0.3) is 0 Å². The maximum Gasteiger partial charge on any atom is 0.146 e. The second kappa shape index (κ2) is 6.18. The smallest absolute Gasteiger partial charge is 0.146 e. The summed E-state index contributed by atoms with van der Waals surface area (Å²) in [7, 11) is 0. The van der Waals surface area contributed by atoms with Gasteiger partial charge < -0.3 is 10.3 Å². The van der Waals surface area contributed by atoms with E-state index in [0.29, 0.717) is 12.5 Å². The van der Waals surface area contributed by atoms with Gasteiger partial charge in [0.05, 0.1) is 6.54 Å². The van der Waals surface area contributed by atoms with Crippen LogP contribution in [0, 0.1) is 19.8 Å². The highest BCUT2D eigenvalue weighted by Gasteiger charge is 2.13. The molecule has 1 heterocycles. The Balaban J connectivity index is 2.33. The van der Waals surface area contributed by atoms with Crippen LogP contribution in [0.5, 0.6) is 0 Å². The standard InChI is InChI=1S/C16H24N4/c1-11(2)10-20-15(18-19-16(20)9-17)8-14-7-12(3)5-6-13(14)4/h5-7,11H,8-10,17H2,1-4H3. The molecule has 0 spiro atoms. The Kier molecular flexibility index (Phi) is 4.55. The molecular weight excluding hydrogens is 248 g/mol. The molecule has 20 heavy (non-hydrogen) atoms. The molecule has 0 amide bonds. The quantitative estimate of drug-likeness (QED) is 0.910. The van der Waals surface area contributed by atoms with Crippen molar-refractivity contribution in [3.05, 3.63) is 46.5 Å². The molecule has 4 heteroatoms. The van der Waals surface area contributed by atoms with Gasteiger partial charge >= 0.3 is 0 Å². The van der Waals surface area contributed by atoms with Gasteiger partial charge in [-0.1, -0.05) is 37.6 Å². The normalized spacial score (nSPS) is 11.3. The predicted octanol–water partition coefficient (Wildman–Crippen LogP) is 2.60. The largest absolute Gasteiger partial charge is 0.324 e. The summed E-state index contributed by atoms with van der Waals surface area (Å²) < 4.78 is 2.17. The average molecular weight is 272 g/mol. The van der Waals surface area contributed by atoms with Crippen molar-refractivity contribution in [3.63, 3.8) is 0 Å². The zero-order valence-electron chi connectivity index (χ0n) is 12.8. The molecule has 1 aromatic carbocycles. The van der Waals surface area contributed by atoms with Crippen LogP contribution in [0.3, 0.4) is 0 Å². The number of hydrogen-bond acceptors (Lipinski definition) is 3. The first-order valence-corrected chi connectivity index (χ1v) is 7.18. The number of aromatic nitrogens is 3. The number of rotatable bonds is 5. The minimum Gasteiger partial charge on any atom is -0.324 e. The Labute approximate surface area is 121 Å². The Morgan fingerprint density at radius 1 is 1.15 bits per heavy atom. The van der Waals surface area contributed by atoms with Crippen LogP contribution >= 0.6 is 0 Å². The second-order valence-corrected chi connectivity index (χ2v) is 5.85. The highest BCUT2D eigenvalue weighted by atomic mass is 15.3. The Bertz CT molecular complexity index is 584. The van der Waals surface area contributed by atoms with Gasteiger partial charge in [-0.05, 0) is 30.9 Å². The van der Waals surface area contributed by atoms with Gasteiger partial charge in [0.2, 0.25) is 0 Å². The topological polar surface area (TPSA) is 56.7 Å². The number of nitrogens with two attached hydrogens (primary N) is 1. The lowest BCUT2D eigenvalue weighted by atomic mass is 10.0. The van der Waals surface area contributed by atoms with Gasteiger partial charge in [0.25, 0.3) is 0 Å². The first-order valence-electron chi connectivity index (χ1n) is 7.18. The zero-order chi connectivity index (χ0) is 14.7. The summed E-state index contributed by atoms with van der Waals surface area (Å²) in [4.78, 5) is 0. The lowest BCUT2D eigenvalue weighted by Gasteiger charge is -2.13. The van der Waals surface area contributed by atoms with Crippen LogP contribution in [0.2, 0.25) is 0 Å². The van der Waals surface area contributed by atoms with E-state index in [0.717, 1.165) is 24.6 Å². The van der Waals surface area contributed by atoms with Gasteiger partial charge in [-0.25, -0.2) is 0 Å². The van der Waals surface area contributed by atoms with Crippen LogP contribution in [0.4, 0.5) is 0 Å². The van der Waals surface area contributed by atoms with Crippen LogP contribution in [0.15, 0.2) is 18.2 Å². The fourth-order valence-electron chi connectivity index (χ4n) is 2.39. The summed E-state index contributed by atoms with van der Waals surface area (Å²) in [5.41, 5.74) is 9.65. The molecule has 0 saturated carbocycles. The van der Waals surface area contributed by atoms with Gasteiger partial charge in [0.1, 0.15) is 11.6 Å². The molecule has 2 N–H and O–H groups in total. The number of hydrogen-bond donors (Lipinski definition) is 1. The van der Waals surface area contributed by atoms with Gasteiger partial charge in [-0.3, -0.25) is 0 Å². The first kappa shape index (κ1) is 14.7. The van der Waals surface area contributed by atoms with Crippen LogP contribution in [0.1, 0.15) is 42.2 Å². The molecule has 2 rings (SSSR count). The summed E-state index contributed by atoms with van der Waals surface area (Å²) in [6.07, 6.45) is 0.813. The number of nitrogens with zero attached hydrogens (tertiary/aromatic N) is 3. The lowest BCUT2D eigenvalue weighted by Crippen LogP contribution is -2.15. The van der Waals surface area contributed by atoms with Crippen molar-refractivity contribution in [2.45, 2.75) is 47.2 Å². The fourth-order valence-corrected chi connectivity index (χ4v) is 2.39. The molecule has 2 aromatic rings. The van der Waals surface area contributed by atoms with E-state index in [2.05, 4.69) is 60.7 Å². The Hall–Kier alpha value is -1.68. The van der Waals surface area contributed by atoms with E-state index in [1.807, 2.05) is 0 Å². The molecule has 0 bridgehead atoms. The van der Waals surface area contributed by atoms with Crippen LogP contribution in [-0.2, 0) is 19.5 Å². The third-order valence-corrected chi connectivity index (χ3v) is 3.49. The molecule has 1 aromatic heterocycles. The molecule has 0 aliphatic rings. The van der Waals surface area contributed by atoms with Crippen molar-refractivity contribution in [3.8, 4) is 0 Å². The maximum absolute atomic E-state index is 5.76. The van der Waals surface area contributed by atoms with Gasteiger partial charge in [0, 0.05) is 13.0 Å². The summed E-state index contributed by atoms with van der Waals surface area (Å²) in [6, 6.07) is 6.53.